The fourth-order valence-electron chi connectivity index (χ4n) is 1.78. The van der Waals surface area contributed by atoms with Crippen molar-refractivity contribution in [3.8, 4) is 0 Å². The molecule has 0 saturated carbocycles. The van der Waals surface area contributed by atoms with Gasteiger partial charge >= 0.3 is 11.9 Å². The van der Waals surface area contributed by atoms with Gasteiger partial charge < -0.3 is 15.3 Å². The number of carboxylic acids is 2. The van der Waals surface area contributed by atoms with Gasteiger partial charge in [0.2, 0.25) is 0 Å². The van der Waals surface area contributed by atoms with Crippen molar-refractivity contribution in [1.29, 1.82) is 0 Å². The maximum Gasteiger partial charge on any atom is 0.336 e. The second-order valence-electron chi connectivity index (χ2n) is 3.67. The van der Waals surface area contributed by atoms with E-state index in [1.165, 1.54) is 6.07 Å². The van der Waals surface area contributed by atoms with Gasteiger partial charge in [-0.3, -0.25) is 4.79 Å². The molecule has 0 heterocycles. The first kappa shape index (κ1) is 14.6. The summed E-state index contributed by atoms with van der Waals surface area (Å²) in [5, 5.41) is 27.0. The first-order chi connectivity index (χ1) is 8.93. The van der Waals surface area contributed by atoms with E-state index in [1.54, 1.807) is 0 Å². The van der Waals surface area contributed by atoms with Gasteiger partial charge in [-0.15, -0.1) is 0 Å². The van der Waals surface area contributed by atoms with E-state index >= 15 is 0 Å². The molecule has 0 spiro atoms. The molecule has 0 fully saturated rings. The lowest BCUT2D eigenvalue weighted by Gasteiger charge is -2.12. The summed E-state index contributed by atoms with van der Waals surface area (Å²) in [6.45, 7) is 2.89. The number of carbonyl (C=O) groups is 3. The van der Waals surface area contributed by atoms with E-state index in [0.717, 1.165) is 12.1 Å². The van der Waals surface area contributed by atoms with Gasteiger partial charge in [0.15, 0.2) is 5.78 Å². The van der Waals surface area contributed by atoms with Crippen LogP contribution in [0.25, 0.3) is 0 Å². The molecule has 1 rings (SSSR count). The molecular formula is C13H12O6. The minimum Gasteiger partial charge on any atom is -0.478 e. The predicted octanol–water partition coefficient (Wildman–Crippen LogP) is 0.986. The number of hydrogen-bond acceptors (Lipinski definition) is 4. The third kappa shape index (κ3) is 2.86. The van der Waals surface area contributed by atoms with Crippen molar-refractivity contribution in [3.63, 3.8) is 0 Å². The molecule has 100 valence electrons. The van der Waals surface area contributed by atoms with Crippen molar-refractivity contribution in [1.82, 2.24) is 0 Å². The molecule has 6 nitrogen and oxygen atoms in total. The van der Waals surface area contributed by atoms with Crippen LogP contribution in [0.3, 0.4) is 0 Å². The van der Waals surface area contributed by atoms with Crippen LogP contribution in [-0.4, -0.2) is 39.6 Å². The number of aliphatic hydroxyl groups excluding tert-OH is 1. The van der Waals surface area contributed by atoms with Gasteiger partial charge in [0, 0.05) is 12.2 Å². The molecule has 0 saturated heterocycles. The first-order valence-corrected chi connectivity index (χ1v) is 5.34. The maximum atomic E-state index is 11.6. The fourth-order valence-corrected chi connectivity index (χ4v) is 1.78. The van der Waals surface area contributed by atoms with Crippen molar-refractivity contribution in [3.05, 3.63) is 47.0 Å². The minimum absolute atomic E-state index is 0.000185. The Bertz CT molecular complexity index is 558. The minimum atomic E-state index is -1.46. The van der Waals surface area contributed by atoms with Crippen LogP contribution in [0, 0.1) is 0 Å². The number of allylic oxidation sites excluding steroid dienone is 1. The molecule has 0 aliphatic heterocycles. The van der Waals surface area contributed by atoms with Gasteiger partial charge in [-0.2, -0.15) is 0 Å². The Hall–Kier alpha value is -2.47. The van der Waals surface area contributed by atoms with Gasteiger partial charge in [0.1, 0.15) is 0 Å². The lowest BCUT2D eigenvalue weighted by molar-refractivity contribution is 0.0650. The van der Waals surface area contributed by atoms with Gasteiger partial charge in [0.25, 0.3) is 0 Å². The van der Waals surface area contributed by atoms with Crippen LogP contribution in [0.4, 0.5) is 0 Å². The Balaban J connectivity index is 3.67. The van der Waals surface area contributed by atoms with E-state index in [1.807, 2.05) is 0 Å². The normalized spacial score (nSPS) is 9.95. The van der Waals surface area contributed by atoms with E-state index in [4.69, 9.17) is 15.3 Å². The summed E-state index contributed by atoms with van der Waals surface area (Å²) in [7, 11) is 0. The first-order valence-electron chi connectivity index (χ1n) is 5.34. The highest BCUT2D eigenvalue weighted by Gasteiger charge is 2.24. The highest BCUT2D eigenvalue weighted by molar-refractivity contribution is 6.10. The second-order valence-corrected chi connectivity index (χ2v) is 3.67. The molecule has 6 heteroatoms. The molecule has 0 amide bonds. The Morgan fingerprint density at radius 2 is 1.68 bits per heavy atom. The molecule has 0 aromatic heterocycles. The van der Waals surface area contributed by atoms with Crippen LogP contribution < -0.4 is 0 Å². The molecule has 19 heavy (non-hydrogen) atoms. The Labute approximate surface area is 108 Å². The Kier molecular flexibility index (Phi) is 4.55. The smallest absolute Gasteiger partial charge is 0.336 e. The van der Waals surface area contributed by atoms with Gasteiger partial charge in [-0.1, -0.05) is 6.58 Å². The molecule has 0 aliphatic rings. The zero-order chi connectivity index (χ0) is 14.6. The summed E-state index contributed by atoms with van der Waals surface area (Å²) < 4.78 is 0. The number of carbonyl (C=O) groups excluding carboxylic acids is 1. The fraction of sp³-hybridized carbons (Fsp3) is 0.154. The summed E-state index contributed by atoms with van der Waals surface area (Å²) in [4.78, 5) is 33.8. The van der Waals surface area contributed by atoms with Gasteiger partial charge in [-0.25, -0.2) is 9.59 Å². The van der Waals surface area contributed by atoms with Crippen molar-refractivity contribution >= 4 is 17.7 Å². The lowest BCUT2D eigenvalue weighted by Crippen LogP contribution is -2.16. The molecule has 1 aromatic rings. The monoisotopic (exact) mass is 264 g/mol. The zero-order valence-corrected chi connectivity index (χ0v) is 9.92. The molecule has 0 unspecified atom stereocenters. The van der Waals surface area contributed by atoms with Crippen molar-refractivity contribution in [2.45, 2.75) is 6.42 Å². The molecule has 3 N–H and O–H groups in total. The highest BCUT2D eigenvalue weighted by Crippen LogP contribution is 2.21. The molecule has 0 bridgehead atoms. The average Bonchev–Trinajstić information content (AvgIpc) is 2.37. The topological polar surface area (TPSA) is 112 Å². The number of carboxylic acid groups (broad SMARTS) is 2. The van der Waals surface area contributed by atoms with Crippen LogP contribution in [0.2, 0.25) is 0 Å². The van der Waals surface area contributed by atoms with E-state index in [2.05, 4.69) is 6.58 Å². The number of ketones is 1. The highest BCUT2D eigenvalue weighted by atomic mass is 16.4. The summed E-state index contributed by atoms with van der Waals surface area (Å²) in [5.41, 5.74) is -0.864. The quantitative estimate of drug-likeness (QED) is 0.521. The molecular weight excluding hydrogens is 252 g/mol. The maximum absolute atomic E-state index is 11.6. The number of benzene rings is 1. The van der Waals surface area contributed by atoms with E-state index in [9.17, 15) is 14.4 Å². The molecule has 0 aliphatic carbocycles. The SMILES string of the molecule is C=CC(=O)c1ccc(C(=O)O)c(C(=O)O)c1CCO. The third-order valence-electron chi connectivity index (χ3n) is 2.57. The standard InChI is InChI=1S/C13H12O6/c1-2-10(15)7-3-4-9(12(16)17)11(13(18)19)8(7)5-6-14/h2-4,14H,1,5-6H2,(H,16,17)(H,18,19). The molecule has 1 aromatic carbocycles. The number of rotatable bonds is 6. The number of aromatic carboxylic acids is 2. The average molecular weight is 264 g/mol. The number of aliphatic hydroxyl groups is 1. The van der Waals surface area contributed by atoms with E-state index in [-0.39, 0.29) is 17.5 Å². The van der Waals surface area contributed by atoms with Gasteiger partial charge in [-0.05, 0) is 30.2 Å². The second kappa shape index (κ2) is 5.92. The Morgan fingerprint density at radius 1 is 1.11 bits per heavy atom. The summed E-state index contributed by atoms with van der Waals surface area (Å²) in [6.07, 6.45) is 0.875. The van der Waals surface area contributed by atoms with Crippen LogP contribution in [-0.2, 0) is 6.42 Å². The van der Waals surface area contributed by atoms with Crippen LogP contribution >= 0.6 is 0 Å². The zero-order valence-electron chi connectivity index (χ0n) is 9.92. The van der Waals surface area contributed by atoms with E-state index in [0.29, 0.717) is 0 Å². The molecule has 0 radical (unpaired) electrons. The third-order valence-corrected chi connectivity index (χ3v) is 2.57. The van der Waals surface area contributed by atoms with Gasteiger partial charge in [0.05, 0.1) is 11.1 Å². The van der Waals surface area contributed by atoms with Crippen LogP contribution in [0.5, 0.6) is 0 Å². The number of hydrogen-bond donors (Lipinski definition) is 3. The summed E-state index contributed by atoms with van der Waals surface area (Å²) in [5.74, 6) is -3.39. The summed E-state index contributed by atoms with van der Waals surface area (Å²) in [6, 6.07) is 2.29. The van der Waals surface area contributed by atoms with Crippen molar-refractivity contribution in [2.24, 2.45) is 0 Å². The lowest BCUT2D eigenvalue weighted by atomic mass is 9.91. The molecule has 0 atom stereocenters. The van der Waals surface area contributed by atoms with Crippen LogP contribution in [0.1, 0.15) is 36.6 Å². The largest absolute Gasteiger partial charge is 0.478 e. The predicted molar refractivity (Wildman–Crippen MR) is 65.7 cm³/mol. The Morgan fingerprint density at radius 3 is 2.11 bits per heavy atom. The van der Waals surface area contributed by atoms with E-state index < -0.39 is 35.5 Å². The van der Waals surface area contributed by atoms with Crippen molar-refractivity contribution in [2.75, 3.05) is 6.61 Å². The van der Waals surface area contributed by atoms with Crippen LogP contribution in [0.15, 0.2) is 24.8 Å². The van der Waals surface area contributed by atoms with Crippen molar-refractivity contribution < 1.29 is 29.7 Å². The summed E-state index contributed by atoms with van der Waals surface area (Å²) >= 11 is 0.